The summed E-state index contributed by atoms with van der Waals surface area (Å²) in [6, 6.07) is 11.8. The van der Waals surface area contributed by atoms with Gasteiger partial charge in [-0.1, -0.05) is 35.5 Å². The van der Waals surface area contributed by atoms with E-state index in [4.69, 9.17) is 11.6 Å². The van der Waals surface area contributed by atoms with Gasteiger partial charge in [0.25, 0.3) is 0 Å². The van der Waals surface area contributed by atoms with Crippen LogP contribution in [0.1, 0.15) is 5.56 Å². The van der Waals surface area contributed by atoms with Crippen LogP contribution in [0, 0.1) is 0 Å². The first-order valence-electron chi connectivity index (χ1n) is 7.23. The van der Waals surface area contributed by atoms with Crippen molar-refractivity contribution in [1.82, 2.24) is 24.6 Å². The van der Waals surface area contributed by atoms with Gasteiger partial charge in [0, 0.05) is 24.5 Å². The van der Waals surface area contributed by atoms with Gasteiger partial charge in [0.15, 0.2) is 11.0 Å². The molecule has 4 rings (SSSR count). The molecular weight excluding hydrogens is 330 g/mol. The number of pyridine rings is 1. The number of benzene rings is 1. The van der Waals surface area contributed by atoms with Crippen LogP contribution in [0.2, 0.25) is 5.02 Å². The molecule has 1 aliphatic heterocycles. The number of aromatic nitrogens is 4. The molecule has 116 valence electrons. The molecule has 0 aliphatic carbocycles. The molecule has 0 unspecified atom stereocenters. The normalized spacial score (nSPS) is 14.7. The third-order valence-corrected chi connectivity index (χ3v) is 5.09. The minimum atomic E-state index is 0.693. The van der Waals surface area contributed by atoms with Crippen LogP contribution < -0.4 is 0 Å². The van der Waals surface area contributed by atoms with E-state index in [1.807, 2.05) is 48.8 Å². The molecule has 5 nitrogen and oxygen atoms in total. The topological polar surface area (TPSA) is 46.8 Å². The van der Waals surface area contributed by atoms with Crippen molar-refractivity contribution < 1.29 is 0 Å². The summed E-state index contributed by atoms with van der Waals surface area (Å²) in [6.07, 6.45) is 3.65. The number of rotatable bonds is 3. The summed E-state index contributed by atoms with van der Waals surface area (Å²) in [7, 11) is 0. The smallest absolute Gasteiger partial charge is 0.193 e. The second kappa shape index (κ2) is 6.31. The highest BCUT2D eigenvalue weighted by molar-refractivity contribution is 7.99. The largest absolute Gasteiger partial charge is 0.288 e. The molecule has 0 spiro atoms. The van der Waals surface area contributed by atoms with E-state index in [9.17, 15) is 0 Å². The molecular formula is C16H14ClN5S. The molecule has 0 bridgehead atoms. The summed E-state index contributed by atoms with van der Waals surface area (Å²) in [5.74, 6) is 1.71. The Morgan fingerprint density at radius 3 is 2.74 bits per heavy atom. The summed E-state index contributed by atoms with van der Waals surface area (Å²) < 4.78 is 2.12. The molecule has 23 heavy (non-hydrogen) atoms. The molecule has 0 atom stereocenters. The second-order valence-electron chi connectivity index (χ2n) is 5.31. The molecule has 0 amide bonds. The van der Waals surface area contributed by atoms with Crippen molar-refractivity contribution in [2.24, 2.45) is 0 Å². The molecule has 0 radical (unpaired) electrons. The van der Waals surface area contributed by atoms with Crippen LogP contribution in [0.5, 0.6) is 0 Å². The van der Waals surface area contributed by atoms with Crippen molar-refractivity contribution in [1.29, 1.82) is 0 Å². The zero-order chi connectivity index (χ0) is 15.6. The van der Waals surface area contributed by atoms with Crippen LogP contribution in [-0.2, 0) is 13.2 Å². The van der Waals surface area contributed by atoms with E-state index >= 15 is 0 Å². The Morgan fingerprint density at radius 2 is 1.91 bits per heavy atom. The second-order valence-corrected chi connectivity index (χ2v) is 6.63. The third kappa shape index (κ3) is 2.97. The Hall–Kier alpha value is -1.89. The van der Waals surface area contributed by atoms with E-state index in [2.05, 4.69) is 24.6 Å². The Kier molecular flexibility index (Phi) is 4.03. The molecule has 0 fully saturated rings. The van der Waals surface area contributed by atoms with Gasteiger partial charge in [-0.2, -0.15) is 0 Å². The zero-order valence-corrected chi connectivity index (χ0v) is 13.8. The number of thioether (sulfide) groups is 1. The van der Waals surface area contributed by atoms with E-state index in [1.54, 1.807) is 11.8 Å². The van der Waals surface area contributed by atoms with E-state index in [0.29, 0.717) is 5.02 Å². The first-order chi connectivity index (χ1) is 11.3. The summed E-state index contributed by atoms with van der Waals surface area (Å²) in [4.78, 5) is 6.41. The highest BCUT2D eigenvalue weighted by Gasteiger charge is 2.23. The number of halogens is 1. The lowest BCUT2D eigenvalue weighted by Gasteiger charge is -2.27. The zero-order valence-electron chi connectivity index (χ0n) is 12.3. The fourth-order valence-corrected chi connectivity index (χ4v) is 3.69. The van der Waals surface area contributed by atoms with Crippen LogP contribution in [0.4, 0.5) is 0 Å². The number of hydrogen-bond acceptors (Lipinski definition) is 5. The van der Waals surface area contributed by atoms with Gasteiger partial charge in [-0.05, 0) is 29.8 Å². The number of hydrogen-bond donors (Lipinski definition) is 0. The predicted octanol–water partition coefficient (Wildman–Crippen LogP) is 3.52. The van der Waals surface area contributed by atoms with Gasteiger partial charge in [-0.25, -0.2) is 0 Å². The highest BCUT2D eigenvalue weighted by Crippen LogP contribution is 2.32. The quantitative estimate of drug-likeness (QED) is 0.728. The Balaban J connectivity index is 1.62. The van der Waals surface area contributed by atoms with Gasteiger partial charge in [0.1, 0.15) is 0 Å². The lowest BCUT2D eigenvalue weighted by molar-refractivity contribution is 0.231. The van der Waals surface area contributed by atoms with Gasteiger partial charge < -0.3 is 0 Å². The maximum atomic E-state index is 6.32. The van der Waals surface area contributed by atoms with Crippen LogP contribution in [0.15, 0.2) is 53.9 Å². The summed E-state index contributed by atoms with van der Waals surface area (Å²) in [5, 5.41) is 10.3. The fraction of sp³-hybridized carbons (Fsp3) is 0.188. The maximum absolute atomic E-state index is 6.32. The average Bonchev–Trinajstić information content (AvgIpc) is 2.99. The molecule has 0 saturated carbocycles. The molecule has 3 heterocycles. The van der Waals surface area contributed by atoms with E-state index < -0.39 is 0 Å². The van der Waals surface area contributed by atoms with Gasteiger partial charge in [0.2, 0.25) is 0 Å². The Bertz CT molecular complexity index is 820. The molecule has 2 aromatic heterocycles. The minimum absolute atomic E-state index is 0.693. The number of fused-ring (bicyclic) bond motifs is 1. The van der Waals surface area contributed by atoms with Crippen LogP contribution in [0.25, 0.3) is 11.4 Å². The van der Waals surface area contributed by atoms with Gasteiger partial charge in [-0.15, -0.1) is 10.2 Å². The molecule has 1 aromatic carbocycles. The summed E-state index contributed by atoms with van der Waals surface area (Å²) in [6.45, 7) is 1.62. The fourth-order valence-electron chi connectivity index (χ4n) is 2.60. The van der Waals surface area contributed by atoms with Crippen molar-refractivity contribution in [2.45, 2.75) is 18.4 Å². The number of nitrogens with zero attached hydrogens (tertiary/aromatic N) is 5. The minimum Gasteiger partial charge on any atom is -0.288 e. The van der Waals surface area contributed by atoms with E-state index in [0.717, 1.165) is 35.6 Å². The average molecular weight is 344 g/mol. The van der Waals surface area contributed by atoms with E-state index in [1.165, 1.54) is 5.56 Å². The SMILES string of the molecule is Clc1ccccc1-c1nnc2n1CN(Cc1ccncc1)CS2. The van der Waals surface area contributed by atoms with Crippen molar-refractivity contribution in [3.63, 3.8) is 0 Å². The monoisotopic (exact) mass is 343 g/mol. The van der Waals surface area contributed by atoms with Crippen molar-refractivity contribution in [3.8, 4) is 11.4 Å². The van der Waals surface area contributed by atoms with Crippen LogP contribution in [-0.4, -0.2) is 30.5 Å². The summed E-state index contributed by atoms with van der Waals surface area (Å²) in [5.41, 5.74) is 2.16. The van der Waals surface area contributed by atoms with Gasteiger partial charge >= 0.3 is 0 Å². The van der Waals surface area contributed by atoms with Crippen molar-refractivity contribution in [3.05, 3.63) is 59.4 Å². The van der Waals surface area contributed by atoms with Crippen molar-refractivity contribution >= 4 is 23.4 Å². The van der Waals surface area contributed by atoms with Gasteiger partial charge in [0.05, 0.1) is 17.6 Å². The molecule has 0 N–H and O–H groups in total. The first-order valence-corrected chi connectivity index (χ1v) is 8.60. The standard InChI is InChI=1S/C16H14ClN5S/c17-14-4-2-1-3-13(14)15-19-20-16-22(15)10-21(11-23-16)9-12-5-7-18-8-6-12/h1-8H,9-11H2. The molecule has 0 saturated heterocycles. The molecule has 7 heteroatoms. The lowest BCUT2D eigenvalue weighted by atomic mass is 10.2. The molecule has 1 aliphatic rings. The Labute approximate surface area is 143 Å². The molecule has 3 aromatic rings. The summed E-state index contributed by atoms with van der Waals surface area (Å²) >= 11 is 8.01. The first kappa shape index (κ1) is 14.7. The third-order valence-electron chi connectivity index (χ3n) is 3.70. The Morgan fingerprint density at radius 1 is 1.09 bits per heavy atom. The van der Waals surface area contributed by atoms with E-state index in [-0.39, 0.29) is 0 Å². The van der Waals surface area contributed by atoms with Crippen molar-refractivity contribution in [2.75, 3.05) is 5.88 Å². The van der Waals surface area contributed by atoms with Crippen LogP contribution >= 0.6 is 23.4 Å². The highest BCUT2D eigenvalue weighted by atomic mass is 35.5. The lowest BCUT2D eigenvalue weighted by Crippen LogP contribution is -2.30. The predicted molar refractivity (Wildman–Crippen MR) is 91.0 cm³/mol. The van der Waals surface area contributed by atoms with Gasteiger partial charge in [-0.3, -0.25) is 14.5 Å². The van der Waals surface area contributed by atoms with Crippen LogP contribution in [0.3, 0.4) is 0 Å². The maximum Gasteiger partial charge on any atom is 0.193 e.